The molecule has 32 heavy (non-hydrogen) atoms. The summed E-state index contributed by atoms with van der Waals surface area (Å²) < 4.78 is 0. The molecule has 0 atom stereocenters. The summed E-state index contributed by atoms with van der Waals surface area (Å²) in [6.45, 7) is -0.647. The van der Waals surface area contributed by atoms with E-state index in [1.807, 2.05) is 66.7 Å². The number of aliphatic hydroxyl groups is 3. The molecule has 0 aliphatic rings. The number of benzene rings is 4. The van der Waals surface area contributed by atoms with Crippen molar-refractivity contribution in [2.45, 2.75) is 19.8 Å². The van der Waals surface area contributed by atoms with E-state index in [4.69, 9.17) is 15.3 Å². The van der Waals surface area contributed by atoms with Gasteiger partial charge in [-0.3, -0.25) is 0 Å². The molecule has 4 aromatic rings. The van der Waals surface area contributed by atoms with Gasteiger partial charge >= 0.3 is 0 Å². The van der Waals surface area contributed by atoms with Gasteiger partial charge in [0, 0.05) is 16.7 Å². The summed E-state index contributed by atoms with van der Waals surface area (Å²) in [7, 11) is 0. The number of phenols is 2. The number of rotatable bonds is 5. The first-order valence-corrected chi connectivity index (χ1v) is 10.2. The Kier molecular flexibility index (Phi) is 8.00. The first kappa shape index (κ1) is 23.0. The summed E-state index contributed by atoms with van der Waals surface area (Å²) in [5, 5.41) is 46.5. The van der Waals surface area contributed by atoms with Crippen LogP contribution in [0, 0.1) is 0 Å². The minimum absolute atomic E-state index is 0.0327. The van der Waals surface area contributed by atoms with Crippen molar-refractivity contribution in [3.05, 3.63) is 108 Å². The van der Waals surface area contributed by atoms with E-state index in [-0.39, 0.29) is 31.3 Å². The Morgan fingerprint density at radius 3 is 1.34 bits per heavy atom. The van der Waals surface area contributed by atoms with Crippen LogP contribution in [0.1, 0.15) is 16.7 Å². The second-order valence-electron chi connectivity index (χ2n) is 7.19. The van der Waals surface area contributed by atoms with Crippen LogP contribution in [0.4, 0.5) is 0 Å². The lowest BCUT2D eigenvalue weighted by Gasteiger charge is -2.10. The smallest absolute Gasteiger partial charge is 0.126 e. The van der Waals surface area contributed by atoms with Gasteiger partial charge in [-0.25, -0.2) is 0 Å². The van der Waals surface area contributed by atoms with Gasteiger partial charge in [-0.2, -0.15) is 0 Å². The van der Waals surface area contributed by atoms with Crippen LogP contribution >= 0.6 is 0 Å². The van der Waals surface area contributed by atoms with Crippen molar-refractivity contribution < 1.29 is 25.5 Å². The highest BCUT2D eigenvalue weighted by molar-refractivity contribution is 5.67. The Balaban J connectivity index is 0.000000182. The summed E-state index contributed by atoms with van der Waals surface area (Å²) in [4.78, 5) is 0. The van der Waals surface area contributed by atoms with Crippen molar-refractivity contribution in [1.29, 1.82) is 0 Å². The molecule has 0 amide bonds. The lowest BCUT2D eigenvalue weighted by molar-refractivity contribution is 0.264. The fraction of sp³-hybridized carbons (Fsp3) is 0.111. The van der Waals surface area contributed by atoms with Gasteiger partial charge in [-0.1, -0.05) is 66.7 Å². The third-order valence-corrected chi connectivity index (χ3v) is 5.07. The van der Waals surface area contributed by atoms with E-state index in [9.17, 15) is 10.2 Å². The lowest BCUT2D eigenvalue weighted by Crippen LogP contribution is -1.93. The highest BCUT2D eigenvalue weighted by atomic mass is 16.3. The summed E-state index contributed by atoms with van der Waals surface area (Å²) >= 11 is 0. The van der Waals surface area contributed by atoms with Crippen molar-refractivity contribution in [1.82, 2.24) is 0 Å². The van der Waals surface area contributed by atoms with Crippen molar-refractivity contribution in [2.75, 3.05) is 0 Å². The first-order valence-electron chi connectivity index (χ1n) is 10.2. The van der Waals surface area contributed by atoms with Crippen molar-refractivity contribution >= 4 is 0 Å². The minimum atomic E-state index is -0.250. The molecule has 4 aromatic carbocycles. The van der Waals surface area contributed by atoms with Crippen LogP contribution in [0.25, 0.3) is 22.3 Å². The molecule has 0 bridgehead atoms. The maximum atomic E-state index is 9.74. The minimum Gasteiger partial charge on any atom is -0.508 e. The third-order valence-electron chi connectivity index (χ3n) is 5.07. The molecule has 0 spiro atoms. The number of hydrogen-bond donors (Lipinski definition) is 5. The van der Waals surface area contributed by atoms with Crippen LogP contribution in [-0.2, 0) is 19.8 Å². The largest absolute Gasteiger partial charge is 0.508 e. The van der Waals surface area contributed by atoms with E-state index >= 15 is 0 Å². The van der Waals surface area contributed by atoms with Gasteiger partial charge in [0.1, 0.15) is 11.5 Å². The predicted molar refractivity (Wildman–Crippen MR) is 125 cm³/mol. The van der Waals surface area contributed by atoms with Crippen molar-refractivity contribution in [3.8, 4) is 33.8 Å². The maximum Gasteiger partial charge on any atom is 0.126 e. The Bertz CT molecular complexity index is 1120. The zero-order valence-electron chi connectivity index (χ0n) is 17.5. The summed E-state index contributed by atoms with van der Waals surface area (Å²) in [6.07, 6.45) is 0. The van der Waals surface area contributed by atoms with E-state index in [1.54, 1.807) is 24.3 Å². The van der Waals surface area contributed by atoms with Crippen LogP contribution in [0.15, 0.2) is 91.0 Å². The van der Waals surface area contributed by atoms with Crippen LogP contribution in [-0.4, -0.2) is 25.5 Å². The van der Waals surface area contributed by atoms with E-state index in [0.717, 1.165) is 22.3 Å². The van der Waals surface area contributed by atoms with E-state index in [0.29, 0.717) is 16.7 Å². The molecule has 0 aliphatic heterocycles. The Morgan fingerprint density at radius 1 is 0.438 bits per heavy atom. The molecule has 0 heterocycles. The summed E-state index contributed by atoms with van der Waals surface area (Å²) in [6, 6.07) is 28.2. The van der Waals surface area contributed by atoms with Crippen molar-refractivity contribution in [3.63, 3.8) is 0 Å². The second kappa shape index (κ2) is 11.1. The molecule has 5 heteroatoms. The van der Waals surface area contributed by atoms with E-state index < -0.39 is 0 Å². The zero-order valence-corrected chi connectivity index (χ0v) is 17.5. The van der Waals surface area contributed by atoms with Crippen LogP contribution in [0.5, 0.6) is 11.5 Å². The van der Waals surface area contributed by atoms with Gasteiger partial charge in [0.15, 0.2) is 0 Å². The molecule has 0 aliphatic carbocycles. The first-order chi connectivity index (χ1) is 15.6. The standard InChI is InChI=1S/C14H14O3.C13H12O2/c15-8-12-6-11(7-13(9-16)14(12)17)10-4-2-1-3-5-10;14-9-12-8-11(6-7-13(12)15)10-4-2-1-3-5-10/h1-7,15-17H,8-9H2;1-8,14-15H,9H2. The maximum absolute atomic E-state index is 9.74. The topological polar surface area (TPSA) is 101 Å². The number of aliphatic hydroxyl groups excluding tert-OH is 3. The molecule has 5 N–H and O–H groups in total. The Labute approximate surface area is 187 Å². The fourth-order valence-corrected chi connectivity index (χ4v) is 3.32. The lowest BCUT2D eigenvalue weighted by atomic mass is 9.99. The molecule has 0 aromatic heterocycles. The Morgan fingerprint density at radius 2 is 0.875 bits per heavy atom. The molecule has 0 saturated carbocycles. The monoisotopic (exact) mass is 430 g/mol. The molecule has 0 unspecified atom stereocenters. The fourth-order valence-electron chi connectivity index (χ4n) is 3.32. The van der Waals surface area contributed by atoms with E-state index in [1.165, 1.54) is 0 Å². The van der Waals surface area contributed by atoms with Gasteiger partial charge < -0.3 is 25.5 Å². The van der Waals surface area contributed by atoms with Crippen LogP contribution in [0.2, 0.25) is 0 Å². The quantitative estimate of drug-likeness (QED) is 0.319. The third kappa shape index (κ3) is 5.53. The normalized spacial score (nSPS) is 10.3. The van der Waals surface area contributed by atoms with Crippen LogP contribution < -0.4 is 0 Å². The highest BCUT2D eigenvalue weighted by Crippen LogP contribution is 2.30. The summed E-state index contributed by atoms with van der Waals surface area (Å²) in [5.74, 6) is 0.104. The van der Waals surface area contributed by atoms with Gasteiger partial charge in [0.25, 0.3) is 0 Å². The second-order valence-corrected chi connectivity index (χ2v) is 7.19. The highest BCUT2D eigenvalue weighted by Gasteiger charge is 2.09. The van der Waals surface area contributed by atoms with Gasteiger partial charge in [-0.05, 0) is 46.5 Å². The molecule has 0 saturated heterocycles. The number of aromatic hydroxyl groups is 2. The number of hydrogen-bond acceptors (Lipinski definition) is 5. The molecule has 0 fully saturated rings. The Hall–Kier alpha value is -3.64. The zero-order chi connectivity index (χ0) is 22.9. The van der Waals surface area contributed by atoms with Crippen molar-refractivity contribution in [2.24, 2.45) is 0 Å². The molecule has 0 radical (unpaired) electrons. The molecular weight excluding hydrogens is 404 g/mol. The van der Waals surface area contributed by atoms with Gasteiger partial charge in [-0.15, -0.1) is 0 Å². The average Bonchev–Trinajstić information content (AvgIpc) is 2.86. The van der Waals surface area contributed by atoms with E-state index in [2.05, 4.69) is 0 Å². The predicted octanol–water partition coefficient (Wildman–Crippen LogP) is 4.60. The molecule has 5 nitrogen and oxygen atoms in total. The molecular formula is C27H26O5. The SMILES string of the molecule is OCc1cc(-c2ccccc2)cc(CO)c1O.OCc1cc(-c2ccccc2)ccc1O. The molecule has 4 rings (SSSR count). The van der Waals surface area contributed by atoms with Gasteiger partial charge in [0.2, 0.25) is 0 Å². The molecule has 164 valence electrons. The van der Waals surface area contributed by atoms with Gasteiger partial charge in [0.05, 0.1) is 19.8 Å². The average molecular weight is 431 g/mol. The summed E-state index contributed by atoms with van der Waals surface area (Å²) in [5.41, 5.74) is 5.33. The van der Waals surface area contributed by atoms with Crippen LogP contribution in [0.3, 0.4) is 0 Å².